The fourth-order valence-corrected chi connectivity index (χ4v) is 2.13. The fraction of sp³-hybridized carbons (Fsp3) is 0.917. The summed E-state index contributed by atoms with van der Waals surface area (Å²) in [7, 11) is 7.19. The third-order valence-electron chi connectivity index (χ3n) is 3.04. The van der Waals surface area contributed by atoms with Gasteiger partial charge in [0.15, 0.2) is 0 Å². The molecule has 2 aliphatic rings. The van der Waals surface area contributed by atoms with Crippen LogP contribution in [0.15, 0.2) is 0 Å². The summed E-state index contributed by atoms with van der Waals surface area (Å²) in [5.74, 6) is 0.215. The molecule has 2 fully saturated rings. The molecule has 0 aromatic carbocycles. The van der Waals surface area contributed by atoms with E-state index in [1.165, 1.54) is 0 Å². The molecular formula is C12H26N4O3. The summed E-state index contributed by atoms with van der Waals surface area (Å²) >= 11 is 0. The van der Waals surface area contributed by atoms with Crippen molar-refractivity contribution in [2.24, 2.45) is 0 Å². The Labute approximate surface area is 115 Å². The lowest BCUT2D eigenvalue weighted by atomic mass is 10.6. The van der Waals surface area contributed by atoms with Gasteiger partial charge in [-0.15, -0.1) is 0 Å². The van der Waals surface area contributed by atoms with E-state index < -0.39 is 0 Å². The molecule has 2 saturated heterocycles. The number of carbonyl (C=O) groups is 1. The quantitative estimate of drug-likeness (QED) is 0.663. The molecule has 19 heavy (non-hydrogen) atoms. The maximum atomic E-state index is 10.7. The third-order valence-corrected chi connectivity index (χ3v) is 3.04. The van der Waals surface area contributed by atoms with Crippen LogP contribution >= 0.6 is 0 Å². The number of methoxy groups -OCH3 is 2. The SMILES string of the molecule is CN1CC(=O)N(C)C1.COCN1CCN(COC)C1. The highest BCUT2D eigenvalue weighted by atomic mass is 16.5. The third kappa shape index (κ3) is 5.84. The van der Waals surface area contributed by atoms with E-state index in [1.807, 2.05) is 19.0 Å². The zero-order chi connectivity index (χ0) is 14.3. The first-order chi connectivity index (χ1) is 9.06. The van der Waals surface area contributed by atoms with Crippen LogP contribution in [-0.2, 0) is 14.3 Å². The molecule has 0 radical (unpaired) electrons. The van der Waals surface area contributed by atoms with Gasteiger partial charge in [-0.3, -0.25) is 19.5 Å². The molecule has 0 spiro atoms. The second-order valence-corrected chi connectivity index (χ2v) is 5.01. The van der Waals surface area contributed by atoms with Crippen LogP contribution in [0.2, 0.25) is 0 Å². The molecule has 0 unspecified atom stereocenters. The molecule has 0 aliphatic carbocycles. The van der Waals surface area contributed by atoms with Gasteiger partial charge in [-0.1, -0.05) is 0 Å². The van der Waals surface area contributed by atoms with Crippen molar-refractivity contribution in [1.29, 1.82) is 0 Å². The molecule has 7 heteroatoms. The Morgan fingerprint density at radius 1 is 1.00 bits per heavy atom. The number of likely N-dealkylation sites (N-methyl/N-ethyl adjacent to an activating group) is 2. The van der Waals surface area contributed by atoms with Crippen molar-refractivity contribution in [1.82, 2.24) is 19.6 Å². The van der Waals surface area contributed by atoms with Crippen molar-refractivity contribution in [2.45, 2.75) is 0 Å². The molecule has 2 rings (SSSR count). The molecule has 0 N–H and O–H groups in total. The number of amides is 1. The average Bonchev–Trinajstić information content (AvgIpc) is 2.89. The van der Waals surface area contributed by atoms with Crippen LogP contribution in [0.3, 0.4) is 0 Å². The molecule has 112 valence electrons. The van der Waals surface area contributed by atoms with Gasteiger partial charge in [0, 0.05) is 34.4 Å². The number of carbonyl (C=O) groups excluding carboxylic acids is 1. The summed E-state index contributed by atoms with van der Waals surface area (Å²) in [6, 6.07) is 0. The summed E-state index contributed by atoms with van der Waals surface area (Å²) in [4.78, 5) is 18.8. The second kappa shape index (κ2) is 8.44. The van der Waals surface area contributed by atoms with Gasteiger partial charge in [-0.25, -0.2) is 0 Å². The largest absolute Gasteiger partial charge is 0.369 e. The number of hydrogen-bond acceptors (Lipinski definition) is 6. The Bertz CT molecular complexity index is 266. The molecule has 0 atom stereocenters. The predicted molar refractivity (Wildman–Crippen MR) is 72.3 cm³/mol. The van der Waals surface area contributed by atoms with Gasteiger partial charge in [0.2, 0.25) is 5.91 Å². The maximum absolute atomic E-state index is 10.7. The van der Waals surface area contributed by atoms with Gasteiger partial charge < -0.3 is 14.4 Å². The molecule has 0 aromatic rings. The van der Waals surface area contributed by atoms with Gasteiger partial charge in [0.1, 0.15) is 0 Å². The van der Waals surface area contributed by atoms with Crippen molar-refractivity contribution in [3.8, 4) is 0 Å². The molecule has 2 heterocycles. The molecular weight excluding hydrogens is 248 g/mol. The van der Waals surface area contributed by atoms with Crippen LogP contribution in [0, 0.1) is 0 Å². The standard InChI is InChI=1S/C7H16N2O2.C5H10N2O/c1-10-6-8-3-4-9(5-8)7-11-2;1-6-3-5(8)7(2)4-6/h3-7H2,1-2H3;3-4H2,1-2H3. The van der Waals surface area contributed by atoms with Crippen LogP contribution in [0.5, 0.6) is 0 Å². The highest BCUT2D eigenvalue weighted by molar-refractivity contribution is 5.79. The highest BCUT2D eigenvalue weighted by Crippen LogP contribution is 2.03. The van der Waals surface area contributed by atoms with Crippen LogP contribution in [-0.4, -0.2) is 100 Å². The van der Waals surface area contributed by atoms with Gasteiger partial charge in [-0.05, 0) is 7.05 Å². The van der Waals surface area contributed by atoms with E-state index in [1.54, 1.807) is 19.1 Å². The number of hydrogen-bond donors (Lipinski definition) is 0. The normalized spacial score (nSPS) is 21.9. The Morgan fingerprint density at radius 2 is 1.53 bits per heavy atom. The lowest BCUT2D eigenvalue weighted by molar-refractivity contribution is -0.125. The molecule has 0 bridgehead atoms. The molecule has 2 aliphatic heterocycles. The fourth-order valence-electron chi connectivity index (χ4n) is 2.13. The zero-order valence-electron chi connectivity index (χ0n) is 12.5. The summed E-state index contributed by atoms with van der Waals surface area (Å²) in [6.07, 6.45) is 0. The minimum Gasteiger partial charge on any atom is -0.369 e. The predicted octanol–water partition coefficient (Wildman–Crippen LogP) is -0.883. The van der Waals surface area contributed by atoms with E-state index in [4.69, 9.17) is 9.47 Å². The number of ether oxygens (including phenoxy) is 2. The molecule has 7 nitrogen and oxygen atoms in total. The first-order valence-electron chi connectivity index (χ1n) is 6.42. The minimum absolute atomic E-state index is 0.215. The van der Waals surface area contributed by atoms with Gasteiger partial charge in [0.25, 0.3) is 0 Å². The number of nitrogens with zero attached hydrogens (tertiary/aromatic N) is 4. The van der Waals surface area contributed by atoms with E-state index in [9.17, 15) is 4.79 Å². The van der Waals surface area contributed by atoms with Crippen molar-refractivity contribution >= 4 is 5.91 Å². The maximum Gasteiger partial charge on any atom is 0.237 e. The minimum atomic E-state index is 0.215. The van der Waals surface area contributed by atoms with Crippen molar-refractivity contribution in [3.05, 3.63) is 0 Å². The number of rotatable bonds is 4. The first-order valence-corrected chi connectivity index (χ1v) is 6.42. The van der Waals surface area contributed by atoms with E-state index in [-0.39, 0.29) is 5.91 Å². The van der Waals surface area contributed by atoms with Gasteiger partial charge in [-0.2, -0.15) is 0 Å². The molecule has 0 aromatic heterocycles. The Hall–Kier alpha value is -0.730. The molecule has 0 saturated carbocycles. The van der Waals surface area contributed by atoms with E-state index in [0.717, 1.165) is 39.9 Å². The van der Waals surface area contributed by atoms with Crippen LogP contribution in [0.1, 0.15) is 0 Å². The topological polar surface area (TPSA) is 48.5 Å². The second-order valence-electron chi connectivity index (χ2n) is 5.01. The van der Waals surface area contributed by atoms with Crippen molar-refractivity contribution < 1.29 is 14.3 Å². The molecule has 1 amide bonds. The van der Waals surface area contributed by atoms with Crippen LogP contribution in [0.25, 0.3) is 0 Å². The van der Waals surface area contributed by atoms with Gasteiger partial charge in [0.05, 0.1) is 33.3 Å². The Kier molecular flexibility index (Phi) is 7.25. The summed E-state index contributed by atoms with van der Waals surface area (Å²) < 4.78 is 10.0. The summed E-state index contributed by atoms with van der Waals surface area (Å²) in [5.41, 5.74) is 0. The average molecular weight is 274 g/mol. The van der Waals surface area contributed by atoms with Crippen molar-refractivity contribution in [3.63, 3.8) is 0 Å². The lowest BCUT2D eigenvalue weighted by Crippen LogP contribution is -2.28. The van der Waals surface area contributed by atoms with E-state index >= 15 is 0 Å². The van der Waals surface area contributed by atoms with Crippen LogP contribution < -0.4 is 0 Å². The van der Waals surface area contributed by atoms with Gasteiger partial charge >= 0.3 is 0 Å². The van der Waals surface area contributed by atoms with E-state index in [0.29, 0.717) is 6.54 Å². The summed E-state index contributed by atoms with van der Waals surface area (Å²) in [5, 5.41) is 0. The lowest BCUT2D eigenvalue weighted by Gasteiger charge is -2.15. The highest BCUT2D eigenvalue weighted by Gasteiger charge is 2.20. The van der Waals surface area contributed by atoms with Crippen LogP contribution in [0.4, 0.5) is 0 Å². The zero-order valence-corrected chi connectivity index (χ0v) is 12.5. The monoisotopic (exact) mass is 274 g/mol. The summed E-state index contributed by atoms with van der Waals surface area (Å²) in [6.45, 7) is 5.92. The Balaban J connectivity index is 0.000000200. The van der Waals surface area contributed by atoms with Crippen molar-refractivity contribution in [2.75, 3.05) is 74.7 Å². The Morgan fingerprint density at radius 3 is 1.79 bits per heavy atom. The van der Waals surface area contributed by atoms with E-state index in [2.05, 4.69) is 9.80 Å². The smallest absolute Gasteiger partial charge is 0.237 e. The first kappa shape index (κ1) is 16.3.